The summed E-state index contributed by atoms with van der Waals surface area (Å²) >= 11 is 0. The molecule has 0 spiro atoms. The zero-order chi connectivity index (χ0) is 21.1. The summed E-state index contributed by atoms with van der Waals surface area (Å²) in [5.74, 6) is -0.433. The molecule has 1 aliphatic rings. The van der Waals surface area contributed by atoms with Crippen molar-refractivity contribution in [1.29, 1.82) is 0 Å². The van der Waals surface area contributed by atoms with Gasteiger partial charge in [0.25, 0.3) is 0 Å². The average molecular weight is 406 g/mol. The minimum absolute atomic E-state index is 0.0636. The molecule has 3 heterocycles. The summed E-state index contributed by atoms with van der Waals surface area (Å²) in [6.45, 7) is 8.27. The lowest BCUT2D eigenvalue weighted by Crippen LogP contribution is -2.38. The van der Waals surface area contributed by atoms with Crippen molar-refractivity contribution in [1.82, 2.24) is 19.7 Å². The minimum atomic E-state index is -0.433. The molecule has 2 aromatic heterocycles. The van der Waals surface area contributed by atoms with Crippen LogP contribution in [-0.4, -0.2) is 45.3 Å². The summed E-state index contributed by atoms with van der Waals surface area (Å²) < 4.78 is 7.98. The number of nitrogens with two attached hydrogens (primary N) is 1. The number of pyridine rings is 1. The molecule has 1 atom stereocenters. The Morgan fingerprint density at radius 3 is 2.83 bits per heavy atom. The van der Waals surface area contributed by atoms with Crippen LogP contribution in [0, 0.1) is 6.92 Å². The first kappa shape index (κ1) is 20.3. The Kier molecular flexibility index (Phi) is 5.92. The summed E-state index contributed by atoms with van der Waals surface area (Å²) in [5.41, 5.74) is 11.0. The number of hydrogen-bond acceptors (Lipinski definition) is 5. The molecule has 0 bridgehead atoms. The van der Waals surface area contributed by atoms with Crippen LogP contribution in [0.3, 0.4) is 0 Å². The van der Waals surface area contributed by atoms with Crippen molar-refractivity contribution in [3.8, 4) is 11.1 Å². The lowest BCUT2D eigenvalue weighted by Gasteiger charge is -2.32. The smallest absolute Gasteiger partial charge is 0.248 e. The van der Waals surface area contributed by atoms with Gasteiger partial charge in [-0.2, -0.15) is 5.10 Å². The monoisotopic (exact) mass is 405 g/mol. The van der Waals surface area contributed by atoms with Crippen molar-refractivity contribution >= 4 is 5.91 Å². The van der Waals surface area contributed by atoms with E-state index in [0.717, 1.165) is 48.7 Å². The molecule has 1 aliphatic heterocycles. The first-order valence-corrected chi connectivity index (χ1v) is 10.3. The van der Waals surface area contributed by atoms with Gasteiger partial charge in [-0.05, 0) is 37.6 Å². The number of aromatic nitrogens is 3. The Bertz CT molecular complexity index is 1030. The number of benzene rings is 1. The molecule has 2 N–H and O–H groups in total. The van der Waals surface area contributed by atoms with Crippen molar-refractivity contribution in [2.24, 2.45) is 5.73 Å². The summed E-state index contributed by atoms with van der Waals surface area (Å²) in [4.78, 5) is 18.5. The van der Waals surface area contributed by atoms with Gasteiger partial charge in [-0.1, -0.05) is 18.2 Å². The van der Waals surface area contributed by atoms with Gasteiger partial charge >= 0.3 is 0 Å². The molecule has 1 fully saturated rings. The van der Waals surface area contributed by atoms with E-state index < -0.39 is 5.91 Å². The number of carbonyl (C=O) groups excluding carboxylic acids is 1. The number of nitrogens with zero attached hydrogens (tertiary/aromatic N) is 4. The van der Waals surface area contributed by atoms with Crippen LogP contribution >= 0.6 is 0 Å². The molecule has 1 aromatic carbocycles. The molecule has 3 aromatic rings. The van der Waals surface area contributed by atoms with E-state index in [1.165, 1.54) is 5.56 Å². The van der Waals surface area contributed by atoms with Crippen LogP contribution in [0.5, 0.6) is 0 Å². The average Bonchev–Trinajstić information content (AvgIpc) is 3.13. The zero-order valence-electron chi connectivity index (χ0n) is 17.4. The maximum absolute atomic E-state index is 11.4. The molecule has 0 aliphatic carbocycles. The number of ether oxygens (including phenoxy) is 1. The lowest BCUT2D eigenvalue weighted by atomic mass is 10.0. The Balaban J connectivity index is 1.45. The highest BCUT2D eigenvalue weighted by atomic mass is 16.5. The second kappa shape index (κ2) is 8.77. The van der Waals surface area contributed by atoms with Crippen molar-refractivity contribution in [3.63, 3.8) is 0 Å². The van der Waals surface area contributed by atoms with Gasteiger partial charge in [0, 0.05) is 55.3 Å². The maximum atomic E-state index is 11.4. The predicted octanol–water partition coefficient (Wildman–Crippen LogP) is 2.95. The van der Waals surface area contributed by atoms with E-state index in [1.54, 1.807) is 12.1 Å². The van der Waals surface area contributed by atoms with Crippen LogP contribution in [-0.2, 0) is 17.8 Å². The number of amides is 1. The van der Waals surface area contributed by atoms with E-state index >= 15 is 0 Å². The number of carbonyl (C=O) groups is 1. The van der Waals surface area contributed by atoms with Gasteiger partial charge in [0.1, 0.15) is 6.10 Å². The highest BCUT2D eigenvalue weighted by Crippen LogP contribution is 2.25. The molecule has 0 saturated carbocycles. The first-order chi connectivity index (χ1) is 14.5. The number of aryl methyl sites for hydroxylation is 2. The van der Waals surface area contributed by atoms with Crippen molar-refractivity contribution in [3.05, 3.63) is 71.3 Å². The zero-order valence-corrected chi connectivity index (χ0v) is 17.4. The standard InChI is InChI=1S/C23H27N5O2/c1-3-28-14-20(16(2)26-28)13-27-9-10-30-22(15-27)21-8-7-19(12-25-21)17-5-4-6-18(11-17)23(24)29/h4-8,11-12,14,22H,3,9-10,13,15H2,1-2H3,(H2,24,29). The Labute approximate surface area is 176 Å². The Morgan fingerprint density at radius 2 is 2.13 bits per heavy atom. The highest BCUT2D eigenvalue weighted by Gasteiger charge is 2.24. The molecule has 4 rings (SSSR count). The first-order valence-electron chi connectivity index (χ1n) is 10.3. The van der Waals surface area contributed by atoms with Gasteiger partial charge in [-0.15, -0.1) is 0 Å². The van der Waals surface area contributed by atoms with Crippen molar-refractivity contribution in [2.45, 2.75) is 33.0 Å². The van der Waals surface area contributed by atoms with Crippen LogP contribution in [0.4, 0.5) is 0 Å². The van der Waals surface area contributed by atoms with Gasteiger partial charge in [0.15, 0.2) is 0 Å². The number of rotatable bonds is 6. The maximum Gasteiger partial charge on any atom is 0.248 e. The van der Waals surface area contributed by atoms with Crippen LogP contribution in [0.1, 0.15) is 40.3 Å². The summed E-state index contributed by atoms with van der Waals surface area (Å²) in [5, 5.41) is 4.54. The van der Waals surface area contributed by atoms with E-state index in [4.69, 9.17) is 10.5 Å². The van der Waals surface area contributed by atoms with E-state index in [0.29, 0.717) is 12.2 Å². The molecule has 156 valence electrons. The van der Waals surface area contributed by atoms with Gasteiger partial charge in [0.05, 0.1) is 18.0 Å². The molecule has 30 heavy (non-hydrogen) atoms. The molecular formula is C23H27N5O2. The third-order valence-electron chi connectivity index (χ3n) is 5.51. The summed E-state index contributed by atoms with van der Waals surface area (Å²) in [6.07, 6.45) is 3.89. The minimum Gasteiger partial charge on any atom is -0.369 e. The molecule has 1 unspecified atom stereocenters. The normalized spacial score (nSPS) is 17.2. The second-order valence-electron chi connectivity index (χ2n) is 7.61. The molecular weight excluding hydrogens is 378 g/mol. The highest BCUT2D eigenvalue weighted by molar-refractivity contribution is 5.94. The SMILES string of the molecule is CCn1cc(CN2CCOC(c3ccc(-c4cccc(C(N)=O)c4)cn3)C2)c(C)n1. The van der Waals surface area contributed by atoms with Gasteiger partial charge in [-0.3, -0.25) is 19.4 Å². The van der Waals surface area contributed by atoms with Gasteiger partial charge in [-0.25, -0.2) is 0 Å². The largest absolute Gasteiger partial charge is 0.369 e. The number of hydrogen-bond donors (Lipinski definition) is 1. The van der Waals surface area contributed by atoms with Crippen molar-refractivity contribution < 1.29 is 9.53 Å². The molecule has 7 heteroatoms. The van der Waals surface area contributed by atoms with E-state index in [1.807, 2.05) is 35.1 Å². The van der Waals surface area contributed by atoms with E-state index in [9.17, 15) is 4.79 Å². The Morgan fingerprint density at radius 1 is 1.27 bits per heavy atom. The molecule has 7 nitrogen and oxygen atoms in total. The fourth-order valence-electron chi connectivity index (χ4n) is 3.76. The summed E-state index contributed by atoms with van der Waals surface area (Å²) in [7, 11) is 0. The van der Waals surface area contributed by atoms with E-state index in [-0.39, 0.29) is 6.10 Å². The molecule has 1 amide bonds. The van der Waals surface area contributed by atoms with Crippen LogP contribution in [0.2, 0.25) is 0 Å². The molecule has 0 radical (unpaired) electrons. The second-order valence-corrected chi connectivity index (χ2v) is 7.61. The number of morpholine rings is 1. The van der Waals surface area contributed by atoms with E-state index in [2.05, 4.69) is 35.0 Å². The predicted molar refractivity (Wildman–Crippen MR) is 115 cm³/mol. The molecule has 1 saturated heterocycles. The fraction of sp³-hybridized carbons (Fsp3) is 0.348. The van der Waals surface area contributed by atoms with Crippen LogP contribution in [0.15, 0.2) is 48.8 Å². The quantitative estimate of drug-likeness (QED) is 0.681. The van der Waals surface area contributed by atoms with Crippen LogP contribution in [0.25, 0.3) is 11.1 Å². The topological polar surface area (TPSA) is 86.3 Å². The fourth-order valence-corrected chi connectivity index (χ4v) is 3.76. The lowest BCUT2D eigenvalue weighted by molar-refractivity contribution is -0.0350. The third-order valence-corrected chi connectivity index (χ3v) is 5.51. The number of primary amides is 1. The van der Waals surface area contributed by atoms with Gasteiger partial charge < -0.3 is 10.5 Å². The summed E-state index contributed by atoms with van der Waals surface area (Å²) in [6, 6.07) is 11.3. The van der Waals surface area contributed by atoms with Crippen LogP contribution < -0.4 is 5.73 Å². The van der Waals surface area contributed by atoms with Gasteiger partial charge in [0.2, 0.25) is 5.91 Å². The Hall–Kier alpha value is -3.03. The van der Waals surface area contributed by atoms with Crippen molar-refractivity contribution in [2.75, 3.05) is 19.7 Å². The third kappa shape index (κ3) is 4.42.